The van der Waals surface area contributed by atoms with Crippen LogP contribution in [0.5, 0.6) is 0 Å². The molecule has 1 saturated carbocycles. The van der Waals surface area contributed by atoms with Gasteiger partial charge in [0, 0.05) is 19.1 Å². The van der Waals surface area contributed by atoms with E-state index in [1.807, 2.05) is 0 Å². The fourth-order valence-corrected chi connectivity index (χ4v) is 2.16. The first kappa shape index (κ1) is 14.0. The van der Waals surface area contributed by atoms with Crippen molar-refractivity contribution in [2.24, 2.45) is 5.73 Å². The predicted octanol–water partition coefficient (Wildman–Crippen LogP) is 2.70. The lowest BCUT2D eigenvalue weighted by Gasteiger charge is -2.39. The highest BCUT2D eigenvalue weighted by molar-refractivity contribution is 5.52. The van der Waals surface area contributed by atoms with Gasteiger partial charge in [-0.05, 0) is 19.3 Å². The molecule has 1 aromatic rings. The smallest absolute Gasteiger partial charge is 0.200 e. The molecule has 0 aliphatic heterocycles. The largest absolute Gasteiger partial charge is 0.362 e. The zero-order chi connectivity index (χ0) is 14.2. The lowest BCUT2D eigenvalue weighted by Crippen LogP contribution is -2.44. The molecule has 1 aliphatic rings. The lowest BCUT2D eigenvalue weighted by atomic mass is 9.91. The molecule has 0 radical (unpaired) electrons. The number of hydrogen-bond donors (Lipinski definition) is 1. The third-order valence-corrected chi connectivity index (χ3v) is 3.36. The topological polar surface area (TPSA) is 29.3 Å². The van der Waals surface area contributed by atoms with Crippen LogP contribution in [0.15, 0.2) is 0 Å². The van der Waals surface area contributed by atoms with Crippen LogP contribution in [0, 0.1) is 29.1 Å². The van der Waals surface area contributed by atoms with Crippen molar-refractivity contribution in [3.8, 4) is 0 Å². The molecule has 106 valence electrons. The van der Waals surface area contributed by atoms with Gasteiger partial charge in [0.05, 0.1) is 0 Å². The molecule has 2 N–H and O–H groups in total. The summed E-state index contributed by atoms with van der Waals surface area (Å²) in [5.41, 5.74) is 4.47. The molecule has 0 saturated heterocycles. The first-order chi connectivity index (χ1) is 8.99. The van der Waals surface area contributed by atoms with Gasteiger partial charge in [0.1, 0.15) is 5.69 Å². The monoisotopic (exact) mass is 280 g/mol. The summed E-state index contributed by atoms with van der Waals surface area (Å²) in [5, 5.41) is 0. The Labute approximate surface area is 107 Å². The fraction of sp³-hybridized carbons (Fsp3) is 0.500. The van der Waals surface area contributed by atoms with E-state index in [0.717, 1.165) is 6.42 Å². The Kier molecular flexibility index (Phi) is 3.93. The average molecular weight is 280 g/mol. The minimum atomic E-state index is -2.14. The normalized spacial score (nSPS) is 15.5. The van der Waals surface area contributed by atoms with Gasteiger partial charge in [0.15, 0.2) is 23.3 Å². The molecule has 0 aromatic heterocycles. The molecular formula is C12H13F5N2. The van der Waals surface area contributed by atoms with E-state index in [1.54, 1.807) is 0 Å². The Morgan fingerprint density at radius 3 is 1.74 bits per heavy atom. The van der Waals surface area contributed by atoms with Crippen molar-refractivity contribution in [2.75, 3.05) is 18.0 Å². The summed E-state index contributed by atoms with van der Waals surface area (Å²) in [7, 11) is 0. The number of anilines is 1. The Hall–Kier alpha value is -1.37. The number of nitrogens with two attached hydrogens (primary N) is 1. The highest BCUT2D eigenvalue weighted by Gasteiger charge is 2.33. The zero-order valence-corrected chi connectivity index (χ0v) is 10.0. The molecule has 2 rings (SSSR count). The molecule has 0 heterocycles. The van der Waals surface area contributed by atoms with Gasteiger partial charge in [-0.1, -0.05) is 0 Å². The Morgan fingerprint density at radius 1 is 0.895 bits per heavy atom. The van der Waals surface area contributed by atoms with Crippen molar-refractivity contribution in [3.63, 3.8) is 0 Å². The summed E-state index contributed by atoms with van der Waals surface area (Å²) in [5.74, 6) is -9.57. The van der Waals surface area contributed by atoms with E-state index in [9.17, 15) is 22.0 Å². The van der Waals surface area contributed by atoms with Crippen LogP contribution in [0.2, 0.25) is 0 Å². The predicted molar refractivity (Wildman–Crippen MR) is 60.3 cm³/mol. The van der Waals surface area contributed by atoms with Gasteiger partial charge < -0.3 is 10.6 Å². The Morgan fingerprint density at radius 2 is 1.37 bits per heavy atom. The van der Waals surface area contributed by atoms with Crippen molar-refractivity contribution in [3.05, 3.63) is 29.1 Å². The summed E-state index contributed by atoms with van der Waals surface area (Å²) in [6, 6.07) is -0.225. The van der Waals surface area contributed by atoms with Gasteiger partial charge >= 0.3 is 0 Å². The molecule has 1 aliphatic carbocycles. The zero-order valence-electron chi connectivity index (χ0n) is 10.0. The molecule has 7 heteroatoms. The van der Waals surface area contributed by atoms with Crippen LogP contribution in [0.1, 0.15) is 19.3 Å². The third-order valence-electron chi connectivity index (χ3n) is 3.36. The Balaban J connectivity index is 2.52. The SMILES string of the molecule is NCCN(c1c(F)c(F)c(F)c(F)c1F)C1CCC1. The summed E-state index contributed by atoms with van der Waals surface area (Å²) in [4.78, 5) is 1.18. The van der Waals surface area contributed by atoms with Crippen molar-refractivity contribution >= 4 is 5.69 Å². The van der Waals surface area contributed by atoms with Crippen molar-refractivity contribution in [2.45, 2.75) is 25.3 Å². The summed E-state index contributed by atoms with van der Waals surface area (Å²) >= 11 is 0. The van der Waals surface area contributed by atoms with E-state index in [1.165, 1.54) is 4.90 Å². The van der Waals surface area contributed by atoms with Gasteiger partial charge in [-0.15, -0.1) is 0 Å². The van der Waals surface area contributed by atoms with E-state index >= 15 is 0 Å². The van der Waals surface area contributed by atoms with Gasteiger partial charge in [-0.2, -0.15) is 0 Å². The van der Waals surface area contributed by atoms with E-state index in [0.29, 0.717) is 12.8 Å². The highest BCUT2D eigenvalue weighted by atomic mass is 19.2. The minimum Gasteiger partial charge on any atom is -0.362 e. The van der Waals surface area contributed by atoms with Crippen LogP contribution in [-0.4, -0.2) is 19.1 Å². The Bertz CT molecular complexity index is 458. The number of hydrogen-bond acceptors (Lipinski definition) is 2. The van der Waals surface area contributed by atoms with E-state index < -0.39 is 34.8 Å². The molecular weight excluding hydrogens is 267 g/mol. The second kappa shape index (κ2) is 5.32. The van der Waals surface area contributed by atoms with Crippen molar-refractivity contribution < 1.29 is 22.0 Å². The molecule has 0 amide bonds. The highest BCUT2D eigenvalue weighted by Crippen LogP contribution is 2.35. The van der Waals surface area contributed by atoms with Crippen LogP contribution in [0.25, 0.3) is 0 Å². The molecule has 19 heavy (non-hydrogen) atoms. The summed E-state index contributed by atoms with van der Waals surface area (Å²) in [6.45, 7) is 0.110. The maximum Gasteiger partial charge on any atom is 0.200 e. The van der Waals surface area contributed by atoms with E-state index in [2.05, 4.69) is 0 Å². The average Bonchev–Trinajstić information content (AvgIpc) is 2.32. The third kappa shape index (κ3) is 2.27. The maximum absolute atomic E-state index is 13.7. The summed E-state index contributed by atoms with van der Waals surface area (Å²) < 4.78 is 66.7. The standard InChI is InChI=1S/C12H13F5N2/c13-7-8(14)10(16)12(11(17)9(7)15)19(5-4-18)6-2-1-3-6/h6H,1-5,18H2. The van der Waals surface area contributed by atoms with E-state index in [4.69, 9.17) is 5.73 Å². The van der Waals surface area contributed by atoms with Crippen LogP contribution < -0.4 is 10.6 Å². The quantitative estimate of drug-likeness (QED) is 0.522. The van der Waals surface area contributed by atoms with Crippen molar-refractivity contribution in [1.29, 1.82) is 0 Å². The van der Waals surface area contributed by atoms with Crippen molar-refractivity contribution in [1.82, 2.24) is 0 Å². The fourth-order valence-electron chi connectivity index (χ4n) is 2.16. The van der Waals surface area contributed by atoms with Gasteiger partial charge in [0.2, 0.25) is 5.82 Å². The molecule has 0 bridgehead atoms. The first-order valence-corrected chi connectivity index (χ1v) is 5.97. The first-order valence-electron chi connectivity index (χ1n) is 5.97. The van der Waals surface area contributed by atoms with Gasteiger partial charge in [-0.3, -0.25) is 0 Å². The number of benzene rings is 1. The summed E-state index contributed by atoms with van der Waals surface area (Å²) in [6.07, 6.45) is 2.17. The van der Waals surface area contributed by atoms with Crippen LogP contribution in [0.4, 0.5) is 27.6 Å². The van der Waals surface area contributed by atoms with E-state index in [-0.39, 0.29) is 19.1 Å². The van der Waals surface area contributed by atoms with Crippen LogP contribution >= 0.6 is 0 Å². The molecule has 2 nitrogen and oxygen atoms in total. The lowest BCUT2D eigenvalue weighted by molar-refractivity contribution is 0.354. The molecule has 0 unspecified atom stereocenters. The minimum absolute atomic E-state index is 0.0447. The molecule has 0 spiro atoms. The number of nitrogens with zero attached hydrogens (tertiary/aromatic N) is 1. The van der Waals surface area contributed by atoms with Gasteiger partial charge in [0.25, 0.3) is 0 Å². The second-order valence-electron chi connectivity index (χ2n) is 4.49. The van der Waals surface area contributed by atoms with Crippen LogP contribution in [0.3, 0.4) is 0 Å². The maximum atomic E-state index is 13.7. The number of rotatable bonds is 4. The number of halogens is 5. The van der Waals surface area contributed by atoms with Crippen LogP contribution in [-0.2, 0) is 0 Å². The molecule has 0 atom stereocenters. The molecule has 1 fully saturated rings. The molecule has 1 aromatic carbocycles. The second-order valence-corrected chi connectivity index (χ2v) is 4.49. The van der Waals surface area contributed by atoms with Gasteiger partial charge in [-0.25, -0.2) is 22.0 Å².